The van der Waals surface area contributed by atoms with Gasteiger partial charge in [0.25, 0.3) is 0 Å². The van der Waals surface area contributed by atoms with E-state index in [-0.39, 0.29) is 23.1 Å². The van der Waals surface area contributed by atoms with Gasteiger partial charge >= 0.3 is 0 Å². The number of hydrogen-bond acceptors (Lipinski definition) is 4. The molecule has 1 aliphatic carbocycles. The van der Waals surface area contributed by atoms with Gasteiger partial charge in [0.2, 0.25) is 0 Å². The first-order valence-electron chi connectivity index (χ1n) is 8.81. The van der Waals surface area contributed by atoms with Gasteiger partial charge in [0.15, 0.2) is 11.6 Å². The fourth-order valence-electron chi connectivity index (χ4n) is 3.02. The highest BCUT2D eigenvalue weighted by Gasteiger charge is 2.35. The van der Waals surface area contributed by atoms with Gasteiger partial charge in [0.1, 0.15) is 23.7 Å². The van der Waals surface area contributed by atoms with Crippen molar-refractivity contribution in [3.05, 3.63) is 59.7 Å². The van der Waals surface area contributed by atoms with Crippen LogP contribution in [0, 0.1) is 5.92 Å². The number of carbonyl (C=O) groups excluding carboxylic acids is 2. The molecule has 26 heavy (non-hydrogen) atoms. The van der Waals surface area contributed by atoms with Gasteiger partial charge in [-0.05, 0) is 38.8 Å². The second-order valence-electron chi connectivity index (χ2n) is 6.54. The van der Waals surface area contributed by atoms with E-state index in [0.29, 0.717) is 42.9 Å². The predicted molar refractivity (Wildman–Crippen MR) is 103 cm³/mol. The van der Waals surface area contributed by atoms with Crippen LogP contribution in [0.2, 0.25) is 0 Å². The van der Waals surface area contributed by atoms with Crippen molar-refractivity contribution in [2.24, 2.45) is 5.92 Å². The minimum Gasteiger partial charge on any atom is -0.495 e. The third-order valence-corrected chi connectivity index (χ3v) is 4.35. The second kappa shape index (κ2) is 9.18. The van der Waals surface area contributed by atoms with Gasteiger partial charge in [-0.2, -0.15) is 0 Å². The summed E-state index contributed by atoms with van der Waals surface area (Å²) < 4.78 is 11.2. The predicted octanol–water partition coefficient (Wildman–Crippen LogP) is 4.51. The minimum atomic E-state index is -0.191. The molecule has 0 saturated heterocycles. The molecule has 1 saturated carbocycles. The molecule has 4 heteroatoms. The molecule has 0 heterocycles. The van der Waals surface area contributed by atoms with Crippen LogP contribution in [-0.2, 0) is 14.3 Å². The first-order valence-corrected chi connectivity index (χ1v) is 8.81. The number of para-hydroxylation sites is 1. The van der Waals surface area contributed by atoms with Crippen LogP contribution in [0.4, 0.5) is 0 Å². The maximum absolute atomic E-state index is 13.0. The van der Waals surface area contributed by atoms with Gasteiger partial charge < -0.3 is 9.47 Å². The van der Waals surface area contributed by atoms with Crippen molar-refractivity contribution in [3.8, 4) is 5.75 Å². The molecule has 0 aromatic heterocycles. The average Bonchev–Trinajstić information content (AvgIpc) is 2.63. The Morgan fingerprint density at radius 2 is 2.00 bits per heavy atom. The van der Waals surface area contributed by atoms with Crippen LogP contribution in [0.5, 0.6) is 5.75 Å². The Balaban J connectivity index is 2.48. The van der Waals surface area contributed by atoms with Crippen molar-refractivity contribution in [2.75, 3.05) is 13.7 Å². The number of ether oxygens (including phenoxy) is 2. The quantitative estimate of drug-likeness (QED) is 0.313. The first kappa shape index (κ1) is 19.7. The van der Waals surface area contributed by atoms with Crippen LogP contribution in [-0.4, -0.2) is 25.3 Å². The van der Waals surface area contributed by atoms with E-state index in [1.54, 1.807) is 18.2 Å². The van der Waals surface area contributed by atoms with Crippen LogP contribution in [0.1, 0.15) is 38.7 Å². The number of methoxy groups -OCH3 is 1. The van der Waals surface area contributed by atoms with E-state index < -0.39 is 0 Å². The second-order valence-corrected chi connectivity index (χ2v) is 6.54. The van der Waals surface area contributed by atoms with Crippen LogP contribution >= 0.6 is 0 Å². The Bertz CT molecular complexity index is 751. The van der Waals surface area contributed by atoms with E-state index in [2.05, 4.69) is 6.58 Å². The Kier molecular flexibility index (Phi) is 6.96. The van der Waals surface area contributed by atoms with Gasteiger partial charge in [-0.15, -0.1) is 0 Å². The summed E-state index contributed by atoms with van der Waals surface area (Å²) in [4.78, 5) is 25.6. The maximum Gasteiger partial charge on any atom is 0.173 e. The molecule has 1 aromatic carbocycles. The molecule has 0 amide bonds. The smallest absolute Gasteiger partial charge is 0.173 e. The van der Waals surface area contributed by atoms with E-state index in [4.69, 9.17) is 9.47 Å². The molecule has 0 radical (unpaired) electrons. The molecule has 0 spiro atoms. The maximum atomic E-state index is 13.0. The Labute approximate surface area is 155 Å². The average molecular weight is 354 g/mol. The SMILES string of the molecule is C=CCOc1ccccc1/C(OC)=C1/C(=O)CC[C@H](CC=C(C)C)C1=O. The lowest BCUT2D eigenvalue weighted by molar-refractivity contribution is -0.126. The van der Waals surface area contributed by atoms with Crippen LogP contribution < -0.4 is 4.74 Å². The molecule has 0 aliphatic heterocycles. The number of rotatable bonds is 7. The standard InChI is InChI=1S/C22H26O4/c1-5-14-26-19-9-7-6-8-17(19)22(25-4)20-18(23)13-12-16(21(20)24)11-10-15(2)3/h5-10,16H,1,11-14H2,2-4H3/b22-20+/t16-/m0/s1. The normalized spacial score (nSPS) is 19.0. The molecule has 0 bridgehead atoms. The molecule has 138 valence electrons. The highest BCUT2D eigenvalue weighted by molar-refractivity contribution is 6.26. The number of allylic oxidation sites excluding steroid dienone is 3. The summed E-state index contributed by atoms with van der Waals surface area (Å²) >= 11 is 0. The van der Waals surface area contributed by atoms with Gasteiger partial charge in [-0.1, -0.05) is 36.4 Å². The zero-order valence-corrected chi connectivity index (χ0v) is 15.7. The Hall–Kier alpha value is -2.62. The Morgan fingerprint density at radius 1 is 1.27 bits per heavy atom. The molecule has 4 nitrogen and oxygen atoms in total. The summed E-state index contributed by atoms with van der Waals surface area (Å²) in [5.41, 5.74) is 1.92. The fraction of sp³-hybridized carbons (Fsp3) is 0.364. The summed E-state index contributed by atoms with van der Waals surface area (Å²) in [6.45, 7) is 7.98. The van der Waals surface area contributed by atoms with Crippen molar-refractivity contribution in [1.29, 1.82) is 0 Å². The van der Waals surface area contributed by atoms with Crippen LogP contribution in [0.3, 0.4) is 0 Å². The van der Waals surface area contributed by atoms with Gasteiger partial charge in [-0.25, -0.2) is 0 Å². The van der Waals surface area contributed by atoms with E-state index in [0.717, 1.165) is 5.57 Å². The molecule has 0 unspecified atom stereocenters. The Morgan fingerprint density at radius 3 is 2.65 bits per heavy atom. The topological polar surface area (TPSA) is 52.6 Å². The summed E-state index contributed by atoms with van der Waals surface area (Å²) in [5, 5.41) is 0. The molecule has 1 aliphatic rings. The fourth-order valence-corrected chi connectivity index (χ4v) is 3.02. The lowest BCUT2D eigenvalue weighted by Crippen LogP contribution is -2.29. The summed E-state index contributed by atoms with van der Waals surface area (Å²) in [7, 11) is 1.48. The third-order valence-electron chi connectivity index (χ3n) is 4.35. The molecular formula is C22H26O4. The first-order chi connectivity index (χ1) is 12.5. The molecule has 0 N–H and O–H groups in total. The number of carbonyl (C=O) groups is 2. The van der Waals surface area contributed by atoms with Gasteiger partial charge in [0, 0.05) is 12.3 Å². The lowest BCUT2D eigenvalue weighted by Gasteiger charge is -2.24. The number of benzene rings is 1. The molecule has 2 rings (SSSR count). The highest BCUT2D eigenvalue weighted by atomic mass is 16.5. The molecular weight excluding hydrogens is 328 g/mol. The zero-order valence-electron chi connectivity index (χ0n) is 15.7. The van der Waals surface area contributed by atoms with Gasteiger partial charge in [-0.3, -0.25) is 9.59 Å². The molecule has 1 fully saturated rings. The summed E-state index contributed by atoms with van der Waals surface area (Å²) in [6, 6.07) is 7.25. The van der Waals surface area contributed by atoms with Crippen LogP contribution in [0.15, 0.2) is 54.1 Å². The van der Waals surface area contributed by atoms with E-state index in [1.165, 1.54) is 7.11 Å². The van der Waals surface area contributed by atoms with Crippen LogP contribution in [0.25, 0.3) is 5.76 Å². The van der Waals surface area contributed by atoms with Crippen molar-refractivity contribution in [1.82, 2.24) is 0 Å². The van der Waals surface area contributed by atoms with E-state index >= 15 is 0 Å². The highest BCUT2D eigenvalue weighted by Crippen LogP contribution is 2.35. The monoisotopic (exact) mass is 354 g/mol. The summed E-state index contributed by atoms with van der Waals surface area (Å²) in [5.74, 6) is 0.349. The van der Waals surface area contributed by atoms with E-state index in [1.807, 2.05) is 32.1 Å². The number of hydrogen-bond donors (Lipinski definition) is 0. The van der Waals surface area contributed by atoms with E-state index in [9.17, 15) is 9.59 Å². The third kappa shape index (κ3) is 4.51. The largest absolute Gasteiger partial charge is 0.495 e. The van der Waals surface area contributed by atoms with Crippen molar-refractivity contribution < 1.29 is 19.1 Å². The van der Waals surface area contributed by atoms with Gasteiger partial charge in [0.05, 0.1) is 12.7 Å². The lowest BCUT2D eigenvalue weighted by atomic mass is 9.80. The molecule has 1 atom stereocenters. The zero-order chi connectivity index (χ0) is 19.1. The van der Waals surface area contributed by atoms with Crippen molar-refractivity contribution >= 4 is 17.3 Å². The van der Waals surface area contributed by atoms with Crippen molar-refractivity contribution in [2.45, 2.75) is 33.1 Å². The van der Waals surface area contributed by atoms with Crippen molar-refractivity contribution in [3.63, 3.8) is 0 Å². The minimum absolute atomic E-state index is 0.144. The number of Topliss-reactive ketones (excluding diaryl/α,β-unsaturated/α-hetero) is 2. The molecule has 1 aromatic rings. The number of ketones is 2. The summed E-state index contributed by atoms with van der Waals surface area (Å²) in [6.07, 6.45) is 5.26.